The lowest BCUT2D eigenvalue weighted by Crippen LogP contribution is -2.63. The predicted octanol–water partition coefficient (Wildman–Crippen LogP) is 1.53. The van der Waals surface area contributed by atoms with Crippen molar-refractivity contribution in [2.75, 3.05) is 6.54 Å². The fourth-order valence-electron chi connectivity index (χ4n) is 3.79. The molecule has 3 aliphatic carbocycles. The van der Waals surface area contributed by atoms with Crippen molar-refractivity contribution in [3.05, 3.63) is 0 Å². The first kappa shape index (κ1) is 8.57. The average Bonchev–Trinajstić information content (AvgIpc) is 2.47. The van der Waals surface area contributed by atoms with Gasteiger partial charge in [0.15, 0.2) is 0 Å². The second kappa shape index (κ2) is 2.26. The summed E-state index contributed by atoms with van der Waals surface area (Å²) >= 11 is 0. The zero-order valence-electron chi connectivity index (χ0n) is 8.92. The first-order chi connectivity index (χ1) is 6.55. The van der Waals surface area contributed by atoms with Gasteiger partial charge in [-0.25, -0.2) is 4.99 Å². The van der Waals surface area contributed by atoms with Crippen molar-refractivity contribution in [2.45, 2.75) is 38.7 Å². The van der Waals surface area contributed by atoms with Crippen LogP contribution < -0.4 is 5.73 Å². The summed E-state index contributed by atoms with van der Waals surface area (Å²) in [5.41, 5.74) is 6.05. The van der Waals surface area contributed by atoms with Crippen molar-refractivity contribution in [1.29, 1.82) is 0 Å². The molecule has 4 aliphatic rings. The molecule has 0 radical (unpaired) electrons. The molecule has 0 aromatic carbocycles. The van der Waals surface area contributed by atoms with Crippen LogP contribution in [0, 0.1) is 17.3 Å². The fraction of sp³-hybridized carbons (Fsp3) is 0.909. The standard InChI is InChI=1S/C11H18N2O/c1-10(2)7-3-4-11(8(10)5-7)6-13-9(12)14-11/h7-8H,3-6H2,1-2H3,(H2,12,13). The number of hydrogen-bond donors (Lipinski definition) is 1. The summed E-state index contributed by atoms with van der Waals surface area (Å²) in [5, 5.41) is 0. The van der Waals surface area contributed by atoms with E-state index in [1.165, 1.54) is 12.8 Å². The van der Waals surface area contributed by atoms with Crippen LogP contribution >= 0.6 is 0 Å². The van der Waals surface area contributed by atoms with E-state index in [1.807, 2.05) is 0 Å². The molecule has 3 fully saturated rings. The van der Waals surface area contributed by atoms with E-state index < -0.39 is 0 Å². The second-order valence-corrected chi connectivity index (χ2v) is 5.67. The maximum Gasteiger partial charge on any atom is 0.282 e. The molecule has 4 rings (SSSR count). The minimum atomic E-state index is -0.0255. The van der Waals surface area contributed by atoms with Crippen LogP contribution in [0.1, 0.15) is 33.1 Å². The number of nitrogens with two attached hydrogens (primary N) is 1. The van der Waals surface area contributed by atoms with E-state index in [-0.39, 0.29) is 5.60 Å². The Morgan fingerprint density at radius 3 is 2.79 bits per heavy atom. The maximum atomic E-state index is 5.80. The van der Waals surface area contributed by atoms with Gasteiger partial charge >= 0.3 is 0 Å². The van der Waals surface area contributed by atoms with Crippen molar-refractivity contribution < 1.29 is 4.74 Å². The van der Waals surface area contributed by atoms with Crippen LogP contribution in [0.2, 0.25) is 0 Å². The maximum absolute atomic E-state index is 5.80. The third-order valence-corrected chi connectivity index (χ3v) is 4.83. The number of ether oxygens (including phenoxy) is 1. The Balaban J connectivity index is 1.89. The molecule has 3 saturated carbocycles. The highest BCUT2D eigenvalue weighted by Gasteiger charge is 2.63. The molecule has 78 valence electrons. The van der Waals surface area contributed by atoms with Crippen LogP contribution in [0.15, 0.2) is 4.99 Å². The average molecular weight is 194 g/mol. The highest BCUT2D eigenvalue weighted by molar-refractivity contribution is 5.73. The summed E-state index contributed by atoms with van der Waals surface area (Å²) in [6, 6.07) is 0.408. The normalized spacial score (nSPS) is 48.3. The van der Waals surface area contributed by atoms with Gasteiger partial charge in [0.25, 0.3) is 6.02 Å². The van der Waals surface area contributed by atoms with Gasteiger partial charge in [0.05, 0.1) is 6.54 Å². The monoisotopic (exact) mass is 194 g/mol. The lowest BCUT2D eigenvalue weighted by Gasteiger charge is -2.63. The van der Waals surface area contributed by atoms with Gasteiger partial charge in [0, 0.05) is 5.92 Å². The van der Waals surface area contributed by atoms with Gasteiger partial charge < -0.3 is 10.5 Å². The van der Waals surface area contributed by atoms with E-state index in [1.54, 1.807) is 0 Å². The SMILES string of the molecule is CC1(C)C2CCC3(CN=C(N)O3)C1C2. The summed E-state index contributed by atoms with van der Waals surface area (Å²) in [6.45, 7) is 5.52. The topological polar surface area (TPSA) is 47.6 Å². The summed E-state index contributed by atoms with van der Waals surface area (Å²) in [4.78, 5) is 4.23. The third kappa shape index (κ3) is 0.812. The molecule has 1 heterocycles. The van der Waals surface area contributed by atoms with Gasteiger partial charge in [-0.15, -0.1) is 0 Å². The van der Waals surface area contributed by atoms with Gasteiger partial charge in [0.2, 0.25) is 0 Å². The Morgan fingerprint density at radius 1 is 1.50 bits per heavy atom. The molecule has 1 aliphatic heterocycles. The van der Waals surface area contributed by atoms with Gasteiger partial charge in [-0.05, 0) is 30.6 Å². The van der Waals surface area contributed by atoms with Crippen LogP contribution in [0.4, 0.5) is 0 Å². The summed E-state index contributed by atoms with van der Waals surface area (Å²) in [7, 11) is 0. The molecule has 3 heteroatoms. The first-order valence-electron chi connectivity index (χ1n) is 5.53. The number of rotatable bonds is 0. The lowest BCUT2D eigenvalue weighted by molar-refractivity contribution is -0.182. The molecule has 0 saturated heterocycles. The smallest absolute Gasteiger partial charge is 0.282 e. The van der Waals surface area contributed by atoms with Crippen LogP contribution in [0.25, 0.3) is 0 Å². The molecule has 2 N–H and O–H groups in total. The van der Waals surface area contributed by atoms with E-state index >= 15 is 0 Å². The zero-order chi connectivity index (χ0) is 9.97. The van der Waals surface area contributed by atoms with Crippen molar-refractivity contribution >= 4 is 6.02 Å². The van der Waals surface area contributed by atoms with Crippen LogP contribution in [-0.2, 0) is 4.74 Å². The summed E-state index contributed by atoms with van der Waals surface area (Å²) in [5.74, 6) is 1.57. The molecule has 3 nitrogen and oxygen atoms in total. The van der Waals surface area contributed by atoms with E-state index in [0.29, 0.717) is 17.4 Å². The van der Waals surface area contributed by atoms with E-state index in [4.69, 9.17) is 10.5 Å². The molecule has 0 aromatic heterocycles. The Labute approximate surface area is 84.7 Å². The largest absolute Gasteiger partial charge is 0.457 e. The van der Waals surface area contributed by atoms with Gasteiger partial charge in [-0.1, -0.05) is 13.8 Å². The molecular formula is C11H18N2O. The Kier molecular flexibility index (Phi) is 1.38. The van der Waals surface area contributed by atoms with Gasteiger partial charge in [-0.2, -0.15) is 0 Å². The fourth-order valence-corrected chi connectivity index (χ4v) is 3.79. The third-order valence-electron chi connectivity index (χ3n) is 4.83. The quantitative estimate of drug-likeness (QED) is 0.635. The lowest BCUT2D eigenvalue weighted by atomic mass is 9.44. The first-order valence-corrected chi connectivity index (χ1v) is 5.53. The van der Waals surface area contributed by atoms with Crippen molar-refractivity contribution in [3.8, 4) is 0 Å². The second-order valence-electron chi connectivity index (χ2n) is 5.67. The molecule has 0 aromatic rings. The van der Waals surface area contributed by atoms with Crippen LogP contribution in [0.5, 0.6) is 0 Å². The molecule has 1 spiro atoms. The molecule has 2 bridgehead atoms. The Morgan fingerprint density at radius 2 is 2.29 bits per heavy atom. The van der Waals surface area contributed by atoms with Crippen molar-refractivity contribution in [3.63, 3.8) is 0 Å². The van der Waals surface area contributed by atoms with Gasteiger partial charge in [-0.3, -0.25) is 0 Å². The van der Waals surface area contributed by atoms with Crippen molar-refractivity contribution in [2.24, 2.45) is 28.0 Å². The molecule has 14 heavy (non-hydrogen) atoms. The molecule has 0 amide bonds. The Hall–Kier alpha value is -0.730. The number of hydrogen-bond acceptors (Lipinski definition) is 3. The van der Waals surface area contributed by atoms with Crippen molar-refractivity contribution in [1.82, 2.24) is 0 Å². The molecule has 3 atom stereocenters. The Bertz CT molecular complexity index is 308. The molecular weight excluding hydrogens is 176 g/mol. The van der Waals surface area contributed by atoms with Crippen LogP contribution in [0.3, 0.4) is 0 Å². The number of aliphatic imine (C=N–C) groups is 1. The highest BCUT2D eigenvalue weighted by atomic mass is 16.5. The highest BCUT2D eigenvalue weighted by Crippen LogP contribution is 2.64. The van der Waals surface area contributed by atoms with Crippen LogP contribution in [-0.4, -0.2) is 18.2 Å². The summed E-state index contributed by atoms with van der Waals surface area (Å²) in [6.07, 6.45) is 3.75. The van der Waals surface area contributed by atoms with E-state index in [0.717, 1.165) is 18.9 Å². The minimum Gasteiger partial charge on any atom is -0.457 e. The zero-order valence-corrected chi connectivity index (χ0v) is 8.92. The summed E-state index contributed by atoms with van der Waals surface area (Å²) < 4.78 is 5.80. The number of fused-ring (bicyclic) bond motifs is 1. The molecule has 3 unspecified atom stereocenters. The number of nitrogens with zero attached hydrogens (tertiary/aromatic N) is 1. The van der Waals surface area contributed by atoms with E-state index in [2.05, 4.69) is 18.8 Å². The number of amidine groups is 1. The predicted molar refractivity (Wildman–Crippen MR) is 54.9 cm³/mol. The van der Waals surface area contributed by atoms with Gasteiger partial charge in [0.1, 0.15) is 5.60 Å². The van der Waals surface area contributed by atoms with E-state index in [9.17, 15) is 0 Å². The minimum absolute atomic E-state index is 0.0255.